The molecule has 70 heavy (non-hydrogen) atoms. The number of benzene rings is 2. The van der Waals surface area contributed by atoms with Crippen LogP contribution in [0.15, 0.2) is 35.4 Å². The summed E-state index contributed by atoms with van der Waals surface area (Å²) in [5, 5.41) is 24.0. The van der Waals surface area contributed by atoms with Crippen molar-refractivity contribution in [1.29, 1.82) is 0 Å². The Morgan fingerprint density at radius 2 is 0.757 bits per heavy atom. The maximum atomic E-state index is 15.0. The molecule has 400 valence electrons. The number of unbranched alkanes of at least 4 members (excludes halogenated alkanes) is 16. The average Bonchev–Trinajstić information content (AvgIpc) is 3.22. The van der Waals surface area contributed by atoms with E-state index in [0.29, 0.717) is 41.9 Å². The van der Waals surface area contributed by atoms with Gasteiger partial charge in [0.1, 0.15) is 22.4 Å². The Balaban J connectivity index is 3.13. The zero-order valence-corrected chi connectivity index (χ0v) is 49.4. The van der Waals surface area contributed by atoms with Crippen molar-refractivity contribution in [3.05, 3.63) is 68.8 Å². The lowest BCUT2D eigenvalue weighted by molar-refractivity contribution is -0.143. The van der Waals surface area contributed by atoms with Gasteiger partial charge >= 0.3 is 11.9 Å². The van der Waals surface area contributed by atoms with Crippen LogP contribution < -0.4 is 0 Å². The Morgan fingerprint density at radius 3 is 1.06 bits per heavy atom. The molecule has 2 aromatic carbocycles. The highest BCUT2D eigenvalue weighted by Crippen LogP contribution is 2.47. The van der Waals surface area contributed by atoms with Gasteiger partial charge in [0.05, 0.1) is 0 Å². The quantitative estimate of drug-likeness (QED) is 0.0205. The fraction of sp³-hybridized carbons (Fsp3) is 0.742. The molecule has 2 unspecified atom stereocenters. The van der Waals surface area contributed by atoms with Crippen LogP contribution in [0.25, 0.3) is 0 Å². The van der Waals surface area contributed by atoms with Crippen molar-refractivity contribution < 1.29 is 29.3 Å². The average molecular weight is 1010 g/mol. The number of thiol groups is 2. The van der Waals surface area contributed by atoms with E-state index in [1.165, 1.54) is 70.6 Å². The maximum Gasteiger partial charge on any atom is 0.335 e. The first-order valence-corrected chi connectivity index (χ1v) is 28.7. The Bertz CT molecular complexity index is 1780. The van der Waals surface area contributed by atoms with Crippen molar-refractivity contribution in [2.24, 2.45) is 5.41 Å². The fourth-order valence-electron chi connectivity index (χ4n) is 10.1. The minimum atomic E-state index is -0.704. The number of aromatic hydroxyl groups is 2. The lowest BCUT2D eigenvalue weighted by atomic mass is 9.66. The zero-order chi connectivity index (χ0) is 53.1. The standard InChI is InChI=1S/C62H104O6S2/c1-17-19-21-23-25-27-28-29-31-33-35-48(56(65)67-44(3)69)49(57(66)68-45(4)70)43-62(36-34-32-30-26-24-22-20-18-2,41-46-37-50(58(5,6)7)54(63)51(38-46)59(8,9)10)42-47-39-52(60(11,12)13)55(64)53(40-47)61(14,15)16/h37-40,44-45,63-64,69-70H,17-36,41-43H2,1-16H3/b49-48-. The van der Waals surface area contributed by atoms with Crippen LogP contribution in [0.2, 0.25) is 0 Å². The zero-order valence-electron chi connectivity index (χ0n) is 47.6. The van der Waals surface area contributed by atoms with Crippen molar-refractivity contribution >= 4 is 37.2 Å². The van der Waals surface area contributed by atoms with Gasteiger partial charge in [0, 0.05) is 11.1 Å². The monoisotopic (exact) mass is 1010 g/mol. The number of phenols is 2. The maximum absolute atomic E-state index is 15.0. The number of rotatable bonds is 30. The molecule has 0 aliphatic carbocycles. The van der Waals surface area contributed by atoms with Gasteiger partial charge < -0.3 is 19.7 Å². The molecule has 2 atom stereocenters. The Hall–Kier alpha value is -2.58. The Labute approximate surface area is 440 Å². The highest BCUT2D eigenvalue weighted by Gasteiger charge is 2.39. The van der Waals surface area contributed by atoms with E-state index in [9.17, 15) is 19.8 Å². The number of carbonyl (C=O) groups is 2. The molecule has 2 N–H and O–H groups in total. The largest absolute Gasteiger partial charge is 0.507 e. The van der Waals surface area contributed by atoms with Crippen molar-refractivity contribution in [2.75, 3.05) is 0 Å². The molecule has 2 rings (SSSR count). The van der Waals surface area contributed by atoms with Gasteiger partial charge in [0.15, 0.2) is 0 Å². The van der Waals surface area contributed by atoms with Gasteiger partial charge in [-0.1, -0.05) is 230 Å². The molecule has 6 nitrogen and oxygen atoms in total. The third kappa shape index (κ3) is 21.9. The predicted octanol–water partition coefficient (Wildman–Crippen LogP) is 18.2. The Morgan fingerprint density at radius 1 is 0.471 bits per heavy atom. The van der Waals surface area contributed by atoms with E-state index in [4.69, 9.17) is 9.47 Å². The topological polar surface area (TPSA) is 93.1 Å². The van der Waals surface area contributed by atoms with Crippen molar-refractivity contribution in [2.45, 2.75) is 291 Å². The highest BCUT2D eigenvalue weighted by molar-refractivity contribution is 7.80. The van der Waals surface area contributed by atoms with E-state index in [1.807, 2.05) is 0 Å². The normalized spacial score (nSPS) is 14.1. The summed E-state index contributed by atoms with van der Waals surface area (Å²) in [7, 11) is 0. The molecule has 0 radical (unpaired) electrons. The lowest BCUT2D eigenvalue weighted by Gasteiger charge is -2.38. The molecule has 0 saturated carbocycles. The lowest BCUT2D eigenvalue weighted by Crippen LogP contribution is -2.32. The van der Waals surface area contributed by atoms with E-state index >= 15 is 0 Å². The van der Waals surface area contributed by atoms with E-state index in [0.717, 1.165) is 84.7 Å². The van der Waals surface area contributed by atoms with E-state index in [1.54, 1.807) is 13.8 Å². The summed E-state index contributed by atoms with van der Waals surface area (Å²) in [6.07, 6.45) is 23.3. The number of hydrogen-bond donors (Lipinski definition) is 4. The first kappa shape index (κ1) is 63.5. The van der Waals surface area contributed by atoms with Gasteiger partial charge in [0.25, 0.3) is 0 Å². The van der Waals surface area contributed by atoms with Gasteiger partial charge in [0.2, 0.25) is 0 Å². The number of carbonyl (C=O) groups excluding carboxylic acids is 2. The van der Waals surface area contributed by atoms with Crippen molar-refractivity contribution in [3.8, 4) is 11.5 Å². The van der Waals surface area contributed by atoms with Gasteiger partial charge in [-0.25, -0.2) is 9.59 Å². The molecule has 0 bridgehead atoms. The fourth-order valence-corrected chi connectivity index (χ4v) is 10.3. The van der Waals surface area contributed by atoms with Gasteiger partial charge in [-0.15, -0.1) is 25.3 Å². The molecule has 0 heterocycles. The van der Waals surface area contributed by atoms with Crippen LogP contribution in [0.1, 0.15) is 279 Å². The summed E-state index contributed by atoms with van der Waals surface area (Å²) in [6, 6.07) is 8.74. The van der Waals surface area contributed by atoms with Crippen molar-refractivity contribution in [1.82, 2.24) is 0 Å². The second kappa shape index (κ2) is 29.3. The van der Waals surface area contributed by atoms with Gasteiger partial charge in [-0.3, -0.25) is 0 Å². The molecule has 0 aliphatic heterocycles. The minimum Gasteiger partial charge on any atom is -0.507 e. The molecule has 0 aromatic heterocycles. The second-order valence-corrected chi connectivity index (χ2v) is 26.7. The summed E-state index contributed by atoms with van der Waals surface area (Å²) in [4.78, 5) is 29.5. The summed E-state index contributed by atoms with van der Waals surface area (Å²) in [5.74, 6) is -0.408. The number of esters is 2. The van der Waals surface area contributed by atoms with Gasteiger partial charge in [-0.05, 0) is 113 Å². The predicted molar refractivity (Wildman–Crippen MR) is 305 cm³/mol. The third-order valence-corrected chi connectivity index (χ3v) is 14.2. The first-order valence-electron chi connectivity index (χ1n) is 27.7. The smallest absolute Gasteiger partial charge is 0.335 e. The number of hydrogen-bond acceptors (Lipinski definition) is 8. The molecule has 0 spiro atoms. The summed E-state index contributed by atoms with van der Waals surface area (Å²) in [6.45, 7) is 33.7. The molecular weight excluding hydrogens is 905 g/mol. The van der Waals surface area contributed by atoms with Crippen LogP contribution in [-0.2, 0) is 53.6 Å². The SMILES string of the molecule is CCCCCCCCCCCC/C(C(=O)OC(C)S)=C(\CC(CCCCCCCCCC)(Cc1cc(C(C)(C)C)c(O)c(C(C)(C)C)c1)Cc1cc(C(C)(C)C)c(O)c(C(C)(C)C)c1)C(=O)OC(C)S. The number of phenolic OH excluding ortho intramolecular Hbond substituents is 2. The van der Waals surface area contributed by atoms with Crippen LogP contribution in [0, 0.1) is 5.41 Å². The molecule has 0 aliphatic rings. The molecule has 0 fully saturated rings. The summed E-state index contributed by atoms with van der Waals surface area (Å²) in [5.41, 5.74) is 3.01. The second-order valence-electron chi connectivity index (χ2n) is 25.2. The van der Waals surface area contributed by atoms with E-state index < -0.39 is 28.2 Å². The first-order chi connectivity index (χ1) is 32.5. The van der Waals surface area contributed by atoms with Crippen LogP contribution in [0.3, 0.4) is 0 Å². The van der Waals surface area contributed by atoms with Crippen molar-refractivity contribution in [3.63, 3.8) is 0 Å². The van der Waals surface area contributed by atoms with Crippen LogP contribution in [0.5, 0.6) is 11.5 Å². The molecule has 0 amide bonds. The van der Waals surface area contributed by atoms with E-state index in [2.05, 4.69) is 146 Å². The molecule has 2 aromatic rings. The molecule has 0 saturated heterocycles. The summed E-state index contributed by atoms with van der Waals surface area (Å²) < 4.78 is 12.0. The summed E-state index contributed by atoms with van der Waals surface area (Å²) >= 11 is 9.07. The van der Waals surface area contributed by atoms with Crippen LogP contribution in [-0.4, -0.2) is 33.0 Å². The Kier molecular flexibility index (Phi) is 26.6. The van der Waals surface area contributed by atoms with Crippen LogP contribution >= 0.6 is 25.3 Å². The third-order valence-electron chi connectivity index (χ3n) is 14.0. The number of ether oxygens (including phenoxy) is 2. The van der Waals surface area contributed by atoms with Gasteiger partial charge in [-0.2, -0.15) is 0 Å². The highest BCUT2D eigenvalue weighted by atomic mass is 32.1. The van der Waals surface area contributed by atoms with E-state index in [-0.39, 0.29) is 28.1 Å². The molecule has 8 heteroatoms. The minimum absolute atomic E-state index is 0.263. The van der Waals surface area contributed by atoms with Crippen LogP contribution in [0.4, 0.5) is 0 Å². The molecular formula is C62H104O6S2.